The monoisotopic (exact) mass is 307 g/mol. The maximum Gasteiger partial charge on any atom is 0.0422 e. The summed E-state index contributed by atoms with van der Waals surface area (Å²) in [6, 6.07) is 6.48. The number of hydrogen-bond acceptors (Lipinski definition) is 1. The lowest BCUT2D eigenvalue weighted by Gasteiger charge is -2.16. The zero-order chi connectivity index (χ0) is 17.0. The van der Waals surface area contributed by atoms with Crippen molar-refractivity contribution >= 4 is 11.3 Å². The van der Waals surface area contributed by atoms with Gasteiger partial charge in [0.15, 0.2) is 0 Å². The van der Waals surface area contributed by atoms with Gasteiger partial charge in [0.1, 0.15) is 0 Å². The Bertz CT molecular complexity index is 657. The molecule has 1 aromatic carbocycles. The van der Waals surface area contributed by atoms with Crippen LogP contribution in [0.3, 0.4) is 0 Å². The fourth-order valence-corrected chi connectivity index (χ4v) is 2.59. The standard InChI is InChI=1S/C22H29N/c1-7-19-10-13-21(15(2)3)14-22(19)23-18(6)16(4)8-9-17(5)20-11-12-20/h8,10,13-14,20,23H,2,5-7,9,11-12H2,1,3-4H3/b16-8+. The van der Waals surface area contributed by atoms with Crippen molar-refractivity contribution in [3.05, 3.63) is 72.0 Å². The van der Waals surface area contributed by atoms with Gasteiger partial charge in [-0.1, -0.05) is 56.0 Å². The van der Waals surface area contributed by atoms with Crippen molar-refractivity contribution in [3.8, 4) is 0 Å². The molecule has 23 heavy (non-hydrogen) atoms. The van der Waals surface area contributed by atoms with E-state index in [9.17, 15) is 0 Å². The summed E-state index contributed by atoms with van der Waals surface area (Å²) >= 11 is 0. The van der Waals surface area contributed by atoms with Crippen molar-refractivity contribution in [1.29, 1.82) is 0 Å². The van der Waals surface area contributed by atoms with Crippen LogP contribution in [-0.2, 0) is 6.42 Å². The Labute approximate surface area is 141 Å². The van der Waals surface area contributed by atoms with Gasteiger partial charge in [-0.05, 0) is 68.2 Å². The molecule has 1 saturated carbocycles. The van der Waals surface area contributed by atoms with Crippen molar-refractivity contribution in [2.45, 2.75) is 46.5 Å². The second-order valence-electron chi connectivity index (χ2n) is 6.63. The summed E-state index contributed by atoms with van der Waals surface area (Å²) in [5, 5.41) is 3.49. The Kier molecular flexibility index (Phi) is 5.65. The topological polar surface area (TPSA) is 12.0 Å². The number of aryl methyl sites for hydroxylation is 1. The van der Waals surface area contributed by atoms with E-state index >= 15 is 0 Å². The Balaban J connectivity index is 2.08. The first-order valence-electron chi connectivity index (χ1n) is 8.52. The molecule has 1 N–H and O–H groups in total. The fraction of sp³-hybridized carbons (Fsp3) is 0.364. The highest BCUT2D eigenvalue weighted by Crippen LogP contribution is 2.37. The van der Waals surface area contributed by atoms with Gasteiger partial charge >= 0.3 is 0 Å². The minimum absolute atomic E-state index is 0.763. The van der Waals surface area contributed by atoms with E-state index in [0.29, 0.717) is 0 Å². The van der Waals surface area contributed by atoms with Crippen molar-refractivity contribution in [3.63, 3.8) is 0 Å². The molecule has 0 bridgehead atoms. The maximum absolute atomic E-state index is 4.21. The molecular weight excluding hydrogens is 278 g/mol. The molecule has 1 heteroatoms. The molecule has 0 radical (unpaired) electrons. The number of rotatable bonds is 8. The average molecular weight is 307 g/mol. The molecule has 0 aliphatic heterocycles. The van der Waals surface area contributed by atoms with Gasteiger partial charge in [0, 0.05) is 11.4 Å². The van der Waals surface area contributed by atoms with Gasteiger partial charge in [-0.25, -0.2) is 0 Å². The van der Waals surface area contributed by atoms with Crippen LogP contribution in [-0.4, -0.2) is 0 Å². The third-order valence-corrected chi connectivity index (χ3v) is 4.57. The Hall–Kier alpha value is -2.02. The number of nitrogens with one attached hydrogen (secondary N) is 1. The smallest absolute Gasteiger partial charge is 0.0422 e. The van der Waals surface area contributed by atoms with E-state index in [-0.39, 0.29) is 0 Å². The third kappa shape index (κ3) is 4.72. The highest BCUT2D eigenvalue weighted by molar-refractivity contribution is 5.69. The minimum Gasteiger partial charge on any atom is -0.356 e. The Morgan fingerprint density at radius 1 is 1.22 bits per heavy atom. The van der Waals surface area contributed by atoms with Gasteiger partial charge < -0.3 is 5.32 Å². The van der Waals surface area contributed by atoms with Crippen LogP contribution in [0.4, 0.5) is 5.69 Å². The number of benzene rings is 1. The highest BCUT2D eigenvalue weighted by Gasteiger charge is 2.23. The molecule has 122 valence electrons. The van der Waals surface area contributed by atoms with E-state index in [1.54, 1.807) is 0 Å². The van der Waals surface area contributed by atoms with Gasteiger partial charge in [-0.15, -0.1) is 0 Å². The molecule has 0 saturated heterocycles. The number of anilines is 1. The molecule has 2 rings (SSSR count). The van der Waals surface area contributed by atoms with Crippen LogP contribution < -0.4 is 5.32 Å². The van der Waals surface area contributed by atoms with Gasteiger partial charge in [-0.3, -0.25) is 0 Å². The first kappa shape index (κ1) is 17.3. The molecule has 1 aliphatic rings. The number of allylic oxidation sites excluding steroid dienone is 4. The largest absolute Gasteiger partial charge is 0.356 e. The van der Waals surface area contributed by atoms with E-state index in [2.05, 4.69) is 63.2 Å². The van der Waals surface area contributed by atoms with Crippen LogP contribution in [0.2, 0.25) is 0 Å². The van der Waals surface area contributed by atoms with Gasteiger partial charge in [0.05, 0.1) is 0 Å². The molecule has 0 atom stereocenters. The molecule has 1 fully saturated rings. The summed E-state index contributed by atoms with van der Waals surface area (Å²) in [6.45, 7) is 18.8. The average Bonchev–Trinajstić information content (AvgIpc) is 3.36. The Morgan fingerprint density at radius 3 is 2.48 bits per heavy atom. The van der Waals surface area contributed by atoms with Gasteiger partial charge in [0.25, 0.3) is 0 Å². The lowest BCUT2D eigenvalue weighted by molar-refractivity contribution is 0.956. The molecule has 1 aromatic rings. The molecule has 0 heterocycles. The molecule has 0 amide bonds. The maximum atomic E-state index is 4.21. The molecule has 1 aliphatic carbocycles. The van der Waals surface area contributed by atoms with E-state index in [1.165, 1.54) is 35.1 Å². The van der Waals surface area contributed by atoms with Crippen molar-refractivity contribution in [2.75, 3.05) is 5.32 Å². The third-order valence-electron chi connectivity index (χ3n) is 4.57. The molecular formula is C22H29N. The summed E-state index contributed by atoms with van der Waals surface area (Å²) < 4.78 is 0. The second kappa shape index (κ2) is 7.50. The van der Waals surface area contributed by atoms with E-state index in [1.807, 2.05) is 6.92 Å². The van der Waals surface area contributed by atoms with Gasteiger partial charge in [-0.2, -0.15) is 0 Å². The summed E-state index contributed by atoms with van der Waals surface area (Å²) in [7, 11) is 0. The van der Waals surface area contributed by atoms with Crippen LogP contribution >= 0.6 is 0 Å². The zero-order valence-corrected chi connectivity index (χ0v) is 14.8. The van der Waals surface area contributed by atoms with Crippen LogP contribution in [0.1, 0.15) is 51.2 Å². The zero-order valence-electron chi connectivity index (χ0n) is 14.8. The predicted molar refractivity (Wildman–Crippen MR) is 104 cm³/mol. The first-order valence-corrected chi connectivity index (χ1v) is 8.52. The van der Waals surface area contributed by atoms with Crippen LogP contribution in [0, 0.1) is 5.92 Å². The van der Waals surface area contributed by atoms with Crippen LogP contribution in [0.25, 0.3) is 5.57 Å². The van der Waals surface area contributed by atoms with Crippen molar-refractivity contribution in [1.82, 2.24) is 0 Å². The SMILES string of the molecule is C=C(Nc1cc(C(=C)C)ccc1CC)/C(C)=C/CC(=C)C1CC1. The van der Waals surface area contributed by atoms with Gasteiger partial charge in [0.2, 0.25) is 0 Å². The minimum atomic E-state index is 0.763. The summed E-state index contributed by atoms with van der Waals surface area (Å²) in [6.07, 6.45) is 6.83. The number of hydrogen-bond donors (Lipinski definition) is 1. The summed E-state index contributed by atoms with van der Waals surface area (Å²) in [4.78, 5) is 0. The normalized spacial score (nSPS) is 14.5. The molecule has 0 spiro atoms. The van der Waals surface area contributed by atoms with Crippen molar-refractivity contribution < 1.29 is 0 Å². The van der Waals surface area contributed by atoms with Crippen LogP contribution in [0.15, 0.2) is 60.9 Å². The van der Waals surface area contributed by atoms with E-state index < -0.39 is 0 Å². The summed E-state index contributed by atoms with van der Waals surface area (Å²) in [5.74, 6) is 0.763. The van der Waals surface area contributed by atoms with E-state index in [0.717, 1.165) is 35.7 Å². The Morgan fingerprint density at radius 2 is 1.91 bits per heavy atom. The molecule has 0 aromatic heterocycles. The summed E-state index contributed by atoms with van der Waals surface area (Å²) in [5.41, 5.74) is 8.18. The fourth-order valence-electron chi connectivity index (χ4n) is 2.59. The van der Waals surface area contributed by atoms with Crippen molar-refractivity contribution in [2.24, 2.45) is 5.92 Å². The lowest BCUT2D eigenvalue weighted by Crippen LogP contribution is -2.03. The molecule has 1 nitrogen and oxygen atoms in total. The predicted octanol–water partition coefficient (Wildman–Crippen LogP) is 6.51. The first-order chi connectivity index (χ1) is 10.9. The van der Waals surface area contributed by atoms with E-state index in [4.69, 9.17) is 0 Å². The van der Waals surface area contributed by atoms with Crippen LogP contribution in [0.5, 0.6) is 0 Å². The quantitative estimate of drug-likeness (QED) is 0.426. The second-order valence-corrected chi connectivity index (χ2v) is 6.63. The lowest BCUT2D eigenvalue weighted by atomic mass is 10.0. The highest BCUT2D eigenvalue weighted by atomic mass is 14.9. The molecule has 0 unspecified atom stereocenters.